The molecule has 0 atom stereocenters. The van der Waals surface area contributed by atoms with Crippen molar-refractivity contribution in [2.75, 3.05) is 11.9 Å². The Morgan fingerprint density at radius 2 is 1.89 bits per heavy atom. The summed E-state index contributed by atoms with van der Waals surface area (Å²) in [5, 5.41) is 7.88. The first-order valence-corrected chi connectivity index (χ1v) is 10.1. The average Bonchev–Trinajstić information content (AvgIpc) is 2.93. The van der Waals surface area contributed by atoms with Crippen LogP contribution in [0.2, 0.25) is 5.02 Å². The predicted octanol–water partition coefficient (Wildman–Crippen LogP) is 4.24. The summed E-state index contributed by atoms with van der Waals surface area (Å²) >= 11 is 6.13. The summed E-state index contributed by atoms with van der Waals surface area (Å²) in [4.78, 5) is 14.6. The number of halogens is 1. The minimum atomic E-state index is -0.0688. The molecule has 0 spiro atoms. The Morgan fingerprint density at radius 1 is 1.22 bits per heavy atom. The third kappa shape index (κ3) is 4.83. The normalized spacial score (nSPS) is 15.0. The van der Waals surface area contributed by atoms with E-state index in [0.717, 1.165) is 17.0 Å². The molecule has 1 N–H and O–H groups in total. The van der Waals surface area contributed by atoms with E-state index in [4.69, 9.17) is 11.6 Å². The number of aryl methyl sites for hydroxylation is 1. The van der Waals surface area contributed by atoms with Gasteiger partial charge in [0, 0.05) is 25.3 Å². The highest BCUT2D eigenvalue weighted by Crippen LogP contribution is 2.26. The molecule has 1 fully saturated rings. The summed E-state index contributed by atoms with van der Waals surface area (Å²) in [5.41, 5.74) is 3.91. The van der Waals surface area contributed by atoms with Crippen molar-refractivity contribution in [2.24, 2.45) is 0 Å². The molecule has 1 heterocycles. The molecule has 5 nitrogen and oxygen atoms in total. The van der Waals surface area contributed by atoms with Crippen LogP contribution in [-0.2, 0) is 17.9 Å². The van der Waals surface area contributed by atoms with Gasteiger partial charge >= 0.3 is 0 Å². The topological polar surface area (TPSA) is 50.2 Å². The summed E-state index contributed by atoms with van der Waals surface area (Å²) in [6, 6.07) is 9.13. The van der Waals surface area contributed by atoms with E-state index in [0.29, 0.717) is 17.6 Å². The van der Waals surface area contributed by atoms with Crippen LogP contribution in [0.5, 0.6) is 0 Å². The van der Waals surface area contributed by atoms with Crippen LogP contribution in [0.15, 0.2) is 24.3 Å². The van der Waals surface area contributed by atoms with Crippen molar-refractivity contribution in [3.05, 3.63) is 46.2 Å². The van der Waals surface area contributed by atoms with Crippen molar-refractivity contribution >= 4 is 23.2 Å². The molecule has 0 unspecified atom stereocenters. The molecule has 1 aromatic heterocycles. The van der Waals surface area contributed by atoms with Crippen molar-refractivity contribution in [1.82, 2.24) is 15.1 Å². The molecule has 1 amide bonds. The number of aromatic nitrogens is 2. The molecule has 0 aliphatic heterocycles. The van der Waals surface area contributed by atoms with Crippen molar-refractivity contribution in [1.29, 1.82) is 0 Å². The van der Waals surface area contributed by atoms with E-state index < -0.39 is 0 Å². The van der Waals surface area contributed by atoms with Crippen LogP contribution in [0, 0.1) is 13.8 Å². The minimum Gasteiger partial charge on any atom is -0.372 e. The van der Waals surface area contributed by atoms with Gasteiger partial charge in [0.1, 0.15) is 6.54 Å². The lowest BCUT2D eigenvalue weighted by Crippen LogP contribution is -2.33. The Hall–Kier alpha value is -2.01. The molecular formula is C21H29ClN4O. The molecule has 3 rings (SSSR count). The van der Waals surface area contributed by atoms with Gasteiger partial charge in [0.25, 0.3) is 0 Å². The Labute approximate surface area is 166 Å². The van der Waals surface area contributed by atoms with Crippen LogP contribution in [-0.4, -0.2) is 28.8 Å². The molecule has 1 aromatic carbocycles. The van der Waals surface area contributed by atoms with Crippen molar-refractivity contribution < 1.29 is 4.79 Å². The van der Waals surface area contributed by atoms with Gasteiger partial charge in [0.2, 0.25) is 5.91 Å². The number of nitrogens with zero attached hydrogens (tertiary/aromatic N) is 3. The second-order valence-corrected chi connectivity index (χ2v) is 7.87. The lowest BCUT2D eigenvalue weighted by molar-refractivity contribution is -0.122. The van der Waals surface area contributed by atoms with Gasteiger partial charge < -0.3 is 10.2 Å². The Morgan fingerprint density at radius 3 is 2.48 bits per heavy atom. The zero-order chi connectivity index (χ0) is 19.4. The lowest BCUT2D eigenvalue weighted by Gasteiger charge is -2.33. The maximum Gasteiger partial charge on any atom is 0.242 e. The number of carbonyl (C=O) groups is 1. The van der Waals surface area contributed by atoms with Gasteiger partial charge in [-0.05, 0) is 44.4 Å². The van der Waals surface area contributed by atoms with Gasteiger partial charge in [-0.1, -0.05) is 43.0 Å². The van der Waals surface area contributed by atoms with Gasteiger partial charge in [-0.15, -0.1) is 0 Å². The largest absolute Gasteiger partial charge is 0.372 e. The SMILES string of the molecule is Cc1nn(CC(=O)NCc2ccc(N(C)C3CCCCC3)cc2)c(C)c1Cl. The molecule has 1 aliphatic rings. The number of hydrogen-bond acceptors (Lipinski definition) is 3. The number of rotatable bonds is 6. The molecule has 1 aliphatic carbocycles. The molecule has 27 heavy (non-hydrogen) atoms. The van der Waals surface area contributed by atoms with E-state index in [9.17, 15) is 4.79 Å². The molecule has 2 aromatic rings. The number of carbonyl (C=O) groups excluding carboxylic acids is 1. The van der Waals surface area contributed by atoms with E-state index >= 15 is 0 Å². The molecule has 0 bridgehead atoms. The van der Waals surface area contributed by atoms with E-state index in [1.165, 1.54) is 37.8 Å². The Balaban J connectivity index is 1.52. The summed E-state index contributed by atoms with van der Waals surface area (Å²) in [6.45, 7) is 4.41. The Bertz CT molecular complexity index is 778. The first-order chi connectivity index (χ1) is 13.0. The fourth-order valence-corrected chi connectivity index (χ4v) is 3.89. The third-order valence-corrected chi connectivity index (χ3v) is 6.09. The highest BCUT2D eigenvalue weighted by Gasteiger charge is 2.18. The lowest BCUT2D eigenvalue weighted by atomic mass is 9.94. The second kappa shape index (κ2) is 8.79. The zero-order valence-corrected chi connectivity index (χ0v) is 17.2. The fourth-order valence-electron chi connectivity index (χ4n) is 3.75. The third-order valence-electron chi connectivity index (χ3n) is 5.54. The average molecular weight is 389 g/mol. The highest BCUT2D eigenvalue weighted by atomic mass is 35.5. The quantitative estimate of drug-likeness (QED) is 0.805. The molecular weight excluding hydrogens is 360 g/mol. The highest BCUT2D eigenvalue weighted by molar-refractivity contribution is 6.31. The van der Waals surface area contributed by atoms with Crippen LogP contribution in [0.3, 0.4) is 0 Å². The van der Waals surface area contributed by atoms with Crippen LogP contribution < -0.4 is 10.2 Å². The van der Waals surface area contributed by atoms with Crippen LogP contribution in [0.25, 0.3) is 0 Å². The van der Waals surface area contributed by atoms with Crippen molar-refractivity contribution in [3.63, 3.8) is 0 Å². The molecule has 0 saturated heterocycles. The van der Waals surface area contributed by atoms with Crippen molar-refractivity contribution in [2.45, 2.75) is 65.1 Å². The van der Waals surface area contributed by atoms with Crippen LogP contribution in [0.1, 0.15) is 49.1 Å². The Kier molecular flexibility index (Phi) is 6.42. The molecule has 0 radical (unpaired) electrons. The van der Waals surface area contributed by atoms with Crippen molar-refractivity contribution in [3.8, 4) is 0 Å². The first kappa shape index (κ1) is 19.7. The van der Waals surface area contributed by atoms with Gasteiger partial charge in [0.15, 0.2) is 0 Å². The number of amides is 1. The van der Waals surface area contributed by atoms with E-state index in [1.807, 2.05) is 13.8 Å². The number of nitrogens with one attached hydrogen (secondary N) is 1. The zero-order valence-electron chi connectivity index (χ0n) is 16.5. The first-order valence-electron chi connectivity index (χ1n) is 9.73. The monoisotopic (exact) mass is 388 g/mol. The predicted molar refractivity (Wildman–Crippen MR) is 110 cm³/mol. The summed E-state index contributed by atoms with van der Waals surface area (Å²) in [7, 11) is 2.19. The standard InChI is InChI=1S/C21H29ClN4O/c1-15-21(22)16(2)26(24-15)14-20(27)23-13-17-9-11-19(12-10-17)25(3)18-7-5-4-6-8-18/h9-12,18H,4-8,13-14H2,1-3H3,(H,23,27). The van der Waals surface area contributed by atoms with E-state index in [2.05, 4.69) is 46.6 Å². The van der Waals surface area contributed by atoms with Crippen LogP contribution in [0.4, 0.5) is 5.69 Å². The number of benzene rings is 1. The summed E-state index contributed by atoms with van der Waals surface area (Å²) in [5.74, 6) is -0.0688. The number of anilines is 1. The smallest absolute Gasteiger partial charge is 0.242 e. The number of hydrogen-bond donors (Lipinski definition) is 1. The van der Waals surface area contributed by atoms with Gasteiger partial charge in [0.05, 0.1) is 16.4 Å². The molecule has 146 valence electrons. The van der Waals surface area contributed by atoms with Crippen LogP contribution >= 0.6 is 11.6 Å². The fraction of sp³-hybridized carbons (Fsp3) is 0.524. The van der Waals surface area contributed by atoms with E-state index in [1.54, 1.807) is 4.68 Å². The maximum absolute atomic E-state index is 12.2. The van der Waals surface area contributed by atoms with Gasteiger partial charge in [-0.25, -0.2) is 0 Å². The minimum absolute atomic E-state index is 0.0688. The molecule has 1 saturated carbocycles. The second-order valence-electron chi connectivity index (χ2n) is 7.49. The van der Waals surface area contributed by atoms with Gasteiger partial charge in [-0.3, -0.25) is 9.48 Å². The summed E-state index contributed by atoms with van der Waals surface area (Å²) < 4.78 is 1.65. The van der Waals surface area contributed by atoms with E-state index in [-0.39, 0.29) is 12.5 Å². The maximum atomic E-state index is 12.2. The summed E-state index contributed by atoms with van der Waals surface area (Å²) in [6.07, 6.45) is 6.60. The molecule has 6 heteroatoms. The van der Waals surface area contributed by atoms with Gasteiger partial charge in [-0.2, -0.15) is 5.10 Å².